The highest BCUT2D eigenvalue weighted by atomic mass is 16.5. The summed E-state index contributed by atoms with van der Waals surface area (Å²) in [5.41, 5.74) is 14.5. The third-order valence-electron chi connectivity index (χ3n) is 4.00. The average molecular weight is 357 g/mol. The standard InChI is InChI=1S/C17H19N5O4/c1-25-15-9(8-23)2-4-11(13(15)18)20-6-7-21-12-5-3-10-16(14(12)19)26-22-17(10)24/h2-5,8,20-21H,6-7,18-19H2,1H3,(H,22,24). The van der Waals surface area contributed by atoms with E-state index in [0.717, 1.165) is 0 Å². The zero-order valence-corrected chi connectivity index (χ0v) is 14.1. The quantitative estimate of drug-likeness (QED) is 0.243. The Morgan fingerprint density at radius 2 is 1.77 bits per heavy atom. The number of nitrogen functional groups attached to an aromatic ring is 2. The number of aromatic nitrogens is 1. The maximum atomic E-state index is 11.5. The first-order valence-electron chi connectivity index (χ1n) is 7.85. The molecule has 0 spiro atoms. The summed E-state index contributed by atoms with van der Waals surface area (Å²) < 4.78 is 10.3. The molecule has 0 amide bonds. The van der Waals surface area contributed by atoms with Gasteiger partial charge in [0.05, 0.1) is 35.1 Å². The fourth-order valence-corrected chi connectivity index (χ4v) is 2.68. The molecule has 26 heavy (non-hydrogen) atoms. The third-order valence-corrected chi connectivity index (χ3v) is 4.00. The molecule has 1 aromatic heterocycles. The lowest BCUT2D eigenvalue weighted by Crippen LogP contribution is -2.15. The Kier molecular flexibility index (Phi) is 4.70. The molecular formula is C17H19N5O4. The van der Waals surface area contributed by atoms with Crippen LogP contribution in [0.5, 0.6) is 5.75 Å². The van der Waals surface area contributed by atoms with E-state index < -0.39 is 0 Å². The van der Waals surface area contributed by atoms with E-state index in [1.165, 1.54) is 7.11 Å². The maximum Gasteiger partial charge on any atom is 0.287 e. The second-order valence-electron chi connectivity index (χ2n) is 5.56. The second kappa shape index (κ2) is 7.09. The van der Waals surface area contributed by atoms with Gasteiger partial charge in [-0.25, -0.2) is 0 Å². The molecule has 0 saturated heterocycles. The van der Waals surface area contributed by atoms with E-state index in [-0.39, 0.29) is 5.56 Å². The van der Waals surface area contributed by atoms with Gasteiger partial charge in [-0.1, -0.05) is 0 Å². The van der Waals surface area contributed by atoms with Crippen LogP contribution in [0.25, 0.3) is 11.0 Å². The number of fused-ring (bicyclic) bond motifs is 1. The Labute approximate surface area is 148 Å². The number of nitrogens with one attached hydrogen (secondary N) is 3. The number of benzene rings is 2. The molecule has 136 valence electrons. The summed E-state index contributed by atoms with van der Waals surface area (Å²) in [5, 5.41) is 8.99. The van der Waals surface area contributed by atoms with Crippen LogP contribution in [-0.4, -0.2) is 31.6 Å². The molecule has 2 aromatic carbocycles. The largest absolute Gasteiger partial charge is 0.494 e. The van der Waals surface area contributed by atoms with Crippen molar-refractivity contribution in [3.63, 3.8) is 0 Å². The van der Waals surface area contributed by atoms with Crippen LogP contribution in [0.3, 0.4) is 0 Å². The van der Waals surface area contributed by atoms with Gasteiger partial charge in [-0.15, -0.1) is 0 Å². The fourth-order valence-electron chi connectivity index (χ4n) is 2.68. The lowest BCUT2D eigenvalue weighted by Gasteiger charge is -2.15. The van der Waals surface area contributed by atoms with E-state index in [2.05, 4.69) is 15.8 Å². The average Bonchev–Trinajstić information content (AvgIpc) is 3.03. The molecule has 3 rings (SSSR count). The van der Waals surface area contributed by atoms with E-state index >= 15 is 0 Å². The van der Waals surface area contributed by atoms with Gasteiger partial charge in [0.2, 0.25) is 0 Å². The van der Waals surface area contributed by atoms with E-state index in [0.29, 0.717) is 64.4 Å². The van der Waals surface area contributed by atoms with Gasteiger partial charge in [0.15, 0.2) is 17.6 Å². The van der Waals surface area contributed by atoms with Crippen molar-refractivity contribution in [3.05, 3.63) is 40.2 Å². The van der Waals surface area contributed by atoms with Gasteiger partial charge in [0.1, 0.15) is 5.69 Å². The van der Waals surface area contributed by atoms with Crippen LogP contribution in [0.15, 0.2) is 33.6 Å². The van der Waals surface area contributed by atoms with Crippen molar-refractivity contribution >= 4 is 40.0 Å². The van der Waals surface area contributed by atoms with Crippen LogP contribution in [0, 0.1) is 0 Å². The molecule has 0 aliphatic heterocycles. The lowest BCUT2D eigenvalue weighted by molar-refractivity contribution is 0.112. The highest BCUT2D eigenvalue weighted by Gasteiger charge is 2.12. The minimum atomic E-state index is -0.317. The summed E-state index contributed by atoms with van der Waals surface area (Å²) in [5.74, 6) is 0.343. The first kappa shape index (κ1) is 17.2. The summed E-state index contributed by atoms with van der Waals surface area (Å²) in [6.07, 6.45) is 0.693. The maximum absolute atomic E-state index is 11.5. The van der Waals surface area contributed by atoms with Crippen LogP contribution >= 0.6 is 0 Å². The fraction of sp³-hybridized carbons (Fsp3) is 0.176. The Hall–Kier alpha value is -3.62. The predicted molar refractivity (Wildman–Crippen MR) is 101 cm³/mol. The number of H-pyrrole nitrogens is 1. The molecule has 0 aliphatic rings. The van der Waals surface area contributed by atoms with E-state index in [9.17, 15) is 9.59 Å². The Bertz CT molecular complexity index is 1010. The SMILES string of the molecule is COc1c(C=O)ccc(NCCNc2ccc3c(=O)[nH]oc3c2N)c1N. The smallest absolute Gasteiger partial charge is 0.287 e. The van der Waals surface area contributed by atoms with E-state index in [1.807, 2.05) is 0 Å². The number of methoxy groups -OCH3 is 1. The molecular weight excluding hydrogens is 338 g/mol. The molecule has 7 N–H and O–H groups in total. The van der Waals surface area contributed by atoms with Crippen LogP contribution in [0.1, 0.15) is 10.4 Å². The number of carbonyl (C=O) groups excluding carboxylic acids is 1. The normalized spacial score (nSPS) is 10.7. The summed E-state index contributed by atoms with van der Waals surface area (Å²) >= 11 is 0. The number of rotatable bonds is 7. The molecule has 3 aromatic rings. The molecule has 0 saturated carbocycles. The van der Waals surface area contributed by atoms with Gasteiger partial charge < -0.3 is 31.4 Å². The van der Waals surface area contributed by atoms with Crippen LogP contribution in [0.4, 0.5) is 22.7 Å². The molecule has 0 bridgehead atoms. The highest BCUT2D eigenvalue weighted by Crippen LogP contribution is 2.32. The van der Waals surface area contributed by atoms with Crippen molar-refractivity contribution in [1.82, 2.24) is 5.16 Å². The first-order chi connectivity index (χ1) is 12.6. The molecule has 0 atom stereocenters. The summed E-state index contributed by atoms with van der Waals surface area (Å²) in [7, 11) is 1.46. The van der Waals surface area contributed by atoms with Crippen molar-refractivity contribution < 1.29 is 14.1 Å². The first-order valence-corrected chi connectivity index (χ1v) is 7.85. The molecule has 9 heteroatoms. The van der Waals surface area contributed by atoms with Gasteiger partial charge in [-0.3, -0.25) is 9.59 Å². The molecule has 0 fully saturated rings. The Morgan fingerprint density at radius 3 is 2.42 bits per heavy atom. The van der Waals surface area contributed by atoms with Crippen LogP contribution in [0.2, 0.25) is 0 Å². The number of aldehydes is 1. The minimum absolute atomic E-state index is 0.317. The molecule has 0 aliphatic carbocycles. The summed E-state index contributed by atoms with van der Waals surface area (Å²) in [4.78, 5) is 22.5. The Morgan fingerprint density at radius 1 is 1.12 bits per heavy atom. The zero-order valence-electron chi connectivity index (χ0n) is 14.1. The van der Waals surface area contributed by atoms with Crippen LogP contribution in [-0.2, 0) is 0 Å². The molecule has 0 radical (unpaired) electrons. The predicted octanol–water partition coefficient (Wildman–Crippen LogP) is 1.63. The Balaban J connectivity index is 1.65. The van der Waals surface area contributed by atoms with Crippen molar-refractivity contribution in [2.75, 3.05) is 42.3 Å². The molecule has 0 unspecified atom stereocenters. The zero-order chi connectivity index (χ0) is 18.7. The van der Waals surface area contributed by atoms with Crippen molar-refractivity contribution in [3.8, 4) is 5.75 Å². The van der Waals surface area contributed by atoms with E-state index in [1.54, 1.807) is 24.3 Å². The summed E-state index contributed by atoms with van der Waals surface area (Å²) in [6, 6.07) is 6.72. The van der Waals surface area contributed by atoms with Gasteiger partial charge in [-0.2, -0.15) is 5.16 Å². The van der Waals surface area contributed by atoms with Gasteiger partial charge in [0.25, 0.3) is 5.56 Å². The number of carbonyl (C=O) groups is 1. The van der Waals surface area contributed by atoms with Crippen molar-refractivity contribution in [2.45, 2.75) is 0 Å². The highest BCUT2D eigenvalue weighted by molar-refractivity contribution is 5.94. The topological polar surface area (TPSA) is 148 Å². The number of hydrogen-bond donors (Lipinski definition) is 5. The lowest BCUT2D eigenvalue weighted by atomic mass is 10.1. The number of ether oxygens (including phenoxy) is 1. The monoisotopic (exact) mass is 357 g/mol. The third kappa shape index (κ3) is 3.02. The van der Waals surface area contributed by atoms with Crippen molar-refractivity contribution in [1.29, 1.82) is 0 Å². The minimum Gasteiger partial charge on any atom is -0.494 e. The molecule has 1 heterocycles. The van der Waals surface area contributed by atoms with Crippen molar-refractivity contribution in [2.24, 2.45) is 0 Å². The number of nitrogens with two attached hydrogens (primary N) is 2. The van der Waals surface area contributed by atoms with E-state index in [4.69, 9.17) is 20.7 Å². The number of aromatic amines is 1. The second-order valence-corrected chi connectivity index (χ2v) is 5.56. The van der Waals surface area contributed by atoms with Gasteiger partial charge in [-0.05, 0) is 24.3 Å². The molecule has 9 nitrogen and oxygen atoms in total. The van der Waals surface area contributed by atoms with Gasteiger partial charge in [0, 0.05) is 13.1 Å². The number of hydrogen-bond acceptors (Lipinski definition) is 8. The summed E-state index contributed by atoms with van der Waals surface area (Å²) in [6.45, 7) is 1.06. The number of anilines is 4. The van der Waals surface area contributed by atoms with Crippen LogP contribution < -0.4 is 32.4 Å². The van der Waals surface area contributed by atoms with Gasteiger partial charge >= 0.3 is 0 Å².